The lowest BCUT2D eigenvalue weighted by Crippen LogP contribution is -2.62. The lowest BCUT2D eigenvalue weighted by molar-refractivity contribution is -0.128. The van der Waals surface area contributed by atoms with Gasteiger partial charge in [-0.2, -0.15) is 0 Å². The molecular weight excluding hydrogens is 460 g/mol. The zero-order valence-corrected chi connectivity index (χ0v) is 20.8. The summed E-state index contributed by atoms with van der Waals surface area (Å²) in [7, 11) is 3.10. The number of para-hydroxylation sites is 2. The third kappa shape index (κ3) is 4.17. The number of carbonyl (C=O) groups excluding carboxylic acids is 3. The molecule has 3 amide bonds. The highest BCUT2D eigenvalue weighted by atomic mass is 16.5. The van der Waals surface area contributed by atoms with Gasteiger partial charge in [-0.05, 0) is 43.2 Å². The maximum Gasteiger partial charge on any atom is 0.254 e. The summed E-state index contributed by atoms with van der Waals surface area (Å²) in [5.74, 6) is 0.856. The molecule has 0 aromatic heterocycles. The summed E-state index contributed by atoms with van der Waals surface area (Å²) in [5.41, 5.74) is 1.18. The van der Waals surface area contributed by atoms with Crippen LogP contribution in [0.2, 0.25) is 0 Å². The van der Waals surface area contributed by atoms with Gasteiger partial charge in [0.05, 0.1) is 32.1 Å². The number of hydrogen-bond acceptors (Lipinski definition) is 6. The Bertz CT molecular complexity index is 1170. The van der Waals surface area contributed by atoms with E-state index in [2.05, 4.69) is 10.2 Å². The highest BCUT2D eigenvalue weighted by Gasteiger charge is 2.52. The SMILES string of the molecule is COc1ccc(C(=O)N2CCN(CC(=O)N3c4ccccc4NC(=O)C34CCCC4)CC2)cc1OC. The number of nitrogens with zero attached hydrogens (tertiary/aromatic N) is 3. The van der Waals surface area contributed by atoms with Crippen LogP contribution in [0, 0.1) is 0 Å². The molecular formula is C27H32N4O5. The normalized spacial score (nSPS) is 19.1. The summed E-state index contributed by atoms with van der Waals surface area (Å²) < 4.78 is 10.6. The van der Waals surface area contributed by atoms with Gasteiger partial charge in [-0.15, -0.1) is 0 Å². The molecule has 1 saturated carbocycles. The van der Waals surface area contributed by atoms with Crippen LogP contribution in [0.5, 0.6) is 11.5 Å². The third-order valence-electron chi connectivity index (χ3n) is 7.57. The van der Waals surface area contributed by atoms with Crippen LogP contribution in [0.15, 0.2) is 42.5 Å². The second-order valence-corrected chi connectivity index (χ2v) is 9.58. The van der Waals surface area contributed by atoms with E-state index in [9.17, 15) is 14.4 Å². The zero-order valence-electron chi connectivity index (χ0n) is 20.8. The van der Waals surface area contributed by atoms with Gasteiger partial charge < -0.3 is 19.7 Å². The van der Waals surface area contributed by atoms with Gasteiger partial charge in [-0.3, -0.25) is 24.2 Å². The first-order chi connectivity index (χ1) is 17.5. The van der Waals surface area contributed by atoms with E-state index in [1.807, 2.05) is 24.3 Å². The number of benzene rings is 2. The fraction of sp³-hybridized carbons (Fsp3) is 0.444. The summed E-state index contributed by atoms with van der Waals surface area (Å²) >= 11 is 0. The first kappa shape index (κ1) is 24.1. The number of rotatable bonds is 5. The van der Waals surface area contributed by atoms with Gasteiger partial charge in [0.15, 0.2) is 11.5 Å². The maximum absolute atomic E-state index is 13.7. The van der Waals surface area contributed by atoms with E-state index in [0.717, 1.165) is 18.5 Å². The second kappa shape index (κ2) is 9.81. The first-order valence-electron chi connectivity index (χ1n) is 12.4. The van der Waals surface area contributed by atoms with E-state index in [-0.39, 0.29) is 24.3 Å². The summed E-state index contributed by atoms with van der Waals surface area (Å²) in [4.78, 5) is 45.6. The highest BCUT2D eigenvalue weighted by Crippen LogP contribution is 2.45. The molecule has 0 unspecified atom stereocenters. The fourth-order valence-corrected chi connectivity index (χ4v) is 5.65. The number of hydrogen-bond donors (Lipinski definition) is 1. The fourth-order valence-electron chi connectivity index (χ4n) is 5.65. The van der Waals surface area contributed by atoms with E-state index in [1.54, 1.807) is 42.2 Å². The third-order valence-corrected chi connectivity index (χ3v) is 7.57. The van der Waals surface area contributed by atoms with Crippen molar-refractivity contribution in [1.29, 1.82) is 0 Å². The standard InChI is InChI=1S/C27H32N4O5/c1-35-22-10-9-19(17-23(22)36-2)25(33)30-15-13-29(14-16-30)18-24(32)31-21-8-4-3-7-20(21)28-26(34)27(31)11-5-6-12-27/h3-4,7-10,17H,5-6,11-16,18H2,1-2H3,(H,28,34). The molecule has 3 aliphatic rings. The average Bonchev–Trinajstić information content (AvgIpc) is 3.39. The van der Waals surface area contributed by atoms with Crippen LogP contribution in [0.3, 0.4) is 0 Å². The zero-order chi connectivity index (χ0) is 25.3. The minimum Gasteiger partial charge on any atom is -0.493 e. The van der Waals surface area contributed by atoms with Crippen molar-refractivity contribution >= 4 is 29.1 Å². The smallest absolute Gasteiger partial charge is 0.254 e. The van der Waals surface area contributed by atoms with Crippen molar-refractivity contribution in [2.24, 2.45) is 0 Å². The van der Waals surface area contributed by atoms with Gasteiger partial charge >= 0.3 is 0 Å². The van der Waals surface area contributed by atoms with Crippen LogP contribution in [0.4, 0.5) is 11.4 Å². The molecule has 2 aromatic carbocycles. The number of nitrogens with one attached hydrogen (secondary N) is 1. The Morgan fingerprint density at radius 2 is 1.64 bits per heavy atom. The molecule has 0 bridgehead atoms. The van der Waals surface area contributed by atoms with Crippen LogP contribution >= 0.6 is 0 Å². The molecule has 1 N–H and O–H groups in total. The van der Waals surface area contributed by atoms with E-state index in [0.29, 0.717) is 61.8 Å². The van der Waals surface area contributed by atoms with Crippen molar-refractivity contribution in [3.63, 3.8) is 0 Å². The van der Waals surface area contributed by atoms with E-state index in [1.165, 1.54) is 0 Å². The summed E-state index contributed by atoms with van der Waals surface area (Å²) in [5, 5.41) is 3.02. The van der Waals surface area contributed by atoms with Gasteiger partial charge in [0.25, 0.3) is 11.8 Å². The molecule has 1 spiro atoms. The largest absolute Gasteiger partial charge is 0.493 e. The van der Waals surface area contributed by atoms with Crippen LogP contribution in [-0.4, -0.2) is 80.0 Å². The minimum absolute atomic E-state index is 0.0705. The van der Waals surface area contributed by atoms with E-state index in [4.69, 9.17) is 9.47 Å². The Morgan fingerprint density at radius 1 is 0.944 bits per heavy atom. The monoisotopic (exact) mass is 492 g/mol. The Kier molecular flexibility index (Phi) is 6.57. The van der Waals surface area contributed by atoms with Crippen molar-refractivity contribution in [3.8, 4) is 11.5 Å². The predicted octanol–water partition coefficient (Wildman–Crippen LogP) is 2.76. The molecule has 2 heterocycles. The van der Waals surface area contributed by atoms with Crippen LogP contribution in [-0.2, 0) is 9.59 Å². The van der Waals surface area contributed by atoms with E-state index < -0.39 is 5.54 Å². The van der Waals surface area contributed by atoms with Crippen molar-refractivity contribution in [2.75, 3.05) is 57.2 Å². The molecule has 9 nitrogen and oxygen atoms in total. The quantitative estimate of drug-likeness (QED) is 0.690. The molecule has 0 atom stereocenters. The summed E-state index contributed by atoms with van der Waals surface area (Å²) in [6, 6.07) is 12.7. The Labute approximate surface area is 210 Å². The molecule has 1 aliphatic carbocycles. The van der Waals surface area contributed by atoms with Crippen LogP contribution in [0.1, 0.15) is 36.0 Å². The van der Waals surface area contributed by atoms with Crippen molar-refractivity contribution in [3.05, 3.63) is 48.0 Å². The van der Waals surface area contributed by atoms with Crippen molar-refractivity contribution in [1.82, 2.24) is 9.80 Å². The minimum atomic E-state index is -0.809. The molecule has 2 fully saturated rings. The molecule has 5 rings (SSSR count). The number of methoxy groups -OCH3 is 2. The van der Waals surface area contributed by atoms with Crippen LogP contribution in [0.25, 0.3) is 0 Å². The number of carbonyl (C=O) groups is 3. The molecule has 0 radical (unpaired) electrons. The summed E-state index contributed by atoms with van der Waals surface area (Å²) in [6.45, 7) is 2.41. The summed E-state index contributed by atoms with van der Waals surface area (Å²) in [6.07, 6.45) is 3.20. The highest BCUT2D eigenvalue weighted by molar-refractivity contribution is 6.15. The molecule has 9 heteroatoms. The Morgan fingerprint density at radius 3 is 2.33 bits per heavy atom. The Balaban J connectivity index is 1.27. The molecule has 190 valence electrons. The van der Waals surface area contributed by atoms with Gasteiger partial charge in [0.2, 0.25) is 5.91 Å². The van der Waals surface area contributed by atoms with Gasteiger partial charge in [0.1, 0.15) is 5.54 Å². The van der Waals surface area contributed by atoms with E-state index >= 15 is 0 Å². The number of amides is 3. The molecule has 1 saturated heterocycles. The van der Waals surface area contributed by atoms with Crippen LogP contribution < -0.4 is 19.7 Å². The lowest BCUT2D eigenvalue weighted by atomic mass is 9.89. The second-order valence-electron chi connectivity index (χ2n) is 9.58. The average molecular weight is 493 g/mol. The van der Waals surface area contributed by atoms with Gasteiger partial charge in [0, 0.05) is 31.7 Å². The number of piperazine rings is 1. The molecule has 2 aliphatic heterocycles. The first-order valence-corrected chi connectivity index (χ1v) is 12.4. The number of anilines is 2. The Hall–Kier alpha value is -3.59. The van der Waals surface area contributed by atoms with Gasteiger partial charge in [-0.1, -0.05) is 25.0 Å². The maximum atomic E-state index is 13.7. The van der Waals surface area contributed by atoms with Crippen molar-refractivity contribution in [2.45, 2.75) is 31.2 Å². The molecule has 2 aromatic rings. The molecule has 36 heavy (non-hydrogen) atoms. The number of ether oxygens (including phenoxy) is 2. The lowest BCUT2D eigenvalue weighted by Gasteiger charge is -2.45. The van der Waals surface area contributed by atoms with Gasteiger partial charge in [-0.25, -0.2) is 0 Å². The topological polar surface area (TPSA) is 91.4 Å². The number of fused-ring (bicyclic) bond motifs is 1. The predicted molar refractivity (Wildman–Crippen MR) is 136 cm³/mol. The van der Waals surface area contributed by atoms with Crippen molar-refractivity contribution < 1.29 is 23.9 Å².